The molecule has 0 heterocycles. The molecular weight excluding hydrogens is 384 g/mol. The van der Waals surface area contributed by atoms with Crippen LogP contribution < -0.4 is 11.1 Å². The summed E-state index contributed by atoms with van der Waals surface area (Å²) in [5.74, 6) is 0.229. The molecule has 2 aromatic carbocycles. The summed E-state index contributed by atoms with van der Waals surface area (Å²) in [4.78, 5) is 23.7. The molecule has 2 rings (SSSR count). The molecule has 2 aromatic rings. The summed E-state index contributed by atoms with van der Waals surface area (Å²) in [6.45, 7) is 1.82. The molecule has 0 aliphatic carbocycles. The number of carbonyl (C=O) groups excluding carboxylic acids is 2. The first kappa shape index (κ1) is 23.0. The van der Waals surface area contributed by atoms with E-state index in [0.29, 0.717) is 11.5 Å². The minimum atomic E-state index is -0.366. The van der Waals surface area contributed by atoms with Crippen LogP contribution in [0.2, 0.25) is 0 Å². The third-order valence-corrected chi connectivity index (χ3v) is 5.02. The lowest BCUT2D eigenvalue weighted by atomic mass is 9.94. The van der Waals surface area contributed by atoms with E-state index in [9.17, 15) is 9.59 Å². The number of esters is 1. The number of carbonyl (C=O) groups is 2. The topological polar surface area (TPSA) is 81.4 Å². The summed E-state index contributed by atoms with van der Waals surface area (Å²) in [5, 5.41) is 2.92. The first-order chi connectivity index (χ1) is 12.5. The van der Waals surface area contributed by atoms with Crippen molar-refractivity contribution >= 4 is 41.7 Å². The van der Waals surface area contributed by atoms with Gasteiger partial charge in [-0.2, -0.15) is 0 Å². The standard InChI is InChI=1S/C20H24N2O3S.ClH/c1-14(19(21)16-8-4-3-5-9-16)20(24)22-17-10-6-7-15(11-17)12-26-13-18(23)25-2;/h3-11,14,19H,12-13,21H2,1-2H3,(H,22,24);1H. The van der Waals surface area contributed by atoms with Gasteiger partial charge in [-0.3, -0.25) is 9.59 Å². The minimum absolute atomic E-state index is 0. The Balaban J connectivity index is 0.00000364. The van der Waals surface area contributed by atoms with Crippen molar-refractivity contribution in [2.75, 3.05) is 18.2 Å². The van der Waals surface area contributed by atoms with Crippen molar-refractivity contribution in [1.82, 2.24) is 0 Å². The minimum Gasteiger partial charge on any atom is -0.468 e. The Bertz CT molecular complexity index is 743. The predicted molar refractivity (Wildman–Crippen MR) is 113 cm³/mol. The second-order valence-corrected chi connectivity index (χ2v) is 6.97. The third kappa shape index (κ3) is 7.25. The summed E-state index contributed by atoms with van der Waals surface area (Å²) in [5.41, 5.74) is 8.90. The highest BCUT2D eigenvalue weighted by Gasteiger charge is 2.22. The molecule has 3 N–H and O–H groups in total. The lowest BCUT2D eigenvalue weighted by molar-refractivity contribution is -0.137. The Labute approximate surface area is 170 Å². The van der Waals surface area contributed by atoms with E-state index in [1.807, 2.05) is 61.5 Å². The molecule has 0 aliphatic rings. The van der Waals surface area contributed by atoms with E-state index in [2.05, 4.69) is 10.1 Å². The van der Waals surface area contributed by atoms with Crippen LogP contribution in [0.15, 0.2) is 54.6 Å². The van der Waals surface area contributed by atoms with Crippen LogP contribution in [-0.2, 0) is 20.1 Å². The maximum Gasteiger partial charge on any atom is 0.315 e. The average Bonchev–Trinajstić information content (AvgIpc) is 2.67. The number of nitrogens with one attached hydrogen (secondary N) is 1. The molecule has 0 bridgehead atoms. The zero-order valence-electron chi connectivity index (χ0n) is 15.4. The van der Waals surface area contributed by atoms with Gasteiger partial charge in [0, 0.05) is 17.5 Å². The maximum absolute atomic E-state index is 12.5. The molecule has 146 valence electrons. The van der Waals surface area contributed by atoms with E-state index in [0.717, 1.165) is 16.8 Å². The van der Waals surface area contributed by atoms with Gasteiger partial charge < -0.3 is 15.8 Å². The Morgan fingerprint density at radius 2 is 1.85 bits per heavy atom. The number of hydrogen-bond acceptors (Lipinski definition) is 5. The highest BCUT2D eigenvalue weighted by Crippen LogP contribution is 2.22. The van der Waals surface area contributed by atoms with Gasteiger partial charge in [-0.15, -0.1) is 24.2 Å². The molecule has 7 heteroatoms. The number of halogens is 1. The number of hydrogen-bond donors (Lipinski definition) is 2. The van der Waals surface area contributed by atoms with Crippen molar-refractivity contribution in [3.05, 3.63) is 65.7 Å². The van der Waals surface area contributed by atoms with Crippen LogP contribution in [0.4, 0.5) is 5.69 Å². The fourth-order valence-corrected chi connectivity index (χ4v) is 3.23. The number of methoxy groups -OCH3 is 1. The Morgan fingerprint density at radius 3 is 2.52 bits per heavy atom. The maximum atomic E-state index is 12.5. The van der Waals surface area contributed by atoms with Crippen molar-refractivity contribution in [3.63, 3.8) is 0 Å². The smallest absolute Gasteiger partial charge is 0.315 e. The number of anilines is 1. The van der Waals surface area contributed by atoms with E-state index in [-0.39, 0.29) is 36.2 Å². The van der Waals surface area contributed by atoms with Gasteiger partial charge in [-0.1, -0.05) is 49.4 Å². The van der Waals surface area contributed by atoms with E-state index in [1.54, 1.807) is 0 Å². The molecule has 0 saturated heterocycles. The van der Waals surface area contributed by atoms with Gasteiger partial charge in [0.1, 0.15) is 0 Å². The molecule has 0 radical (unpaired) electrons. The van der Waals surface area contributed by atoms with Crippen molar-refractivity contribution in [3.8, 4) is 0 Å². The van der Waals surface area contributed by atoms with Gasteiger partial charge in [0.15, 0.2) is 0 Å². The normalized spacial score (nSPS) is 12.4. The molecule has 2 unspecified atom stereocenters. The molecule has 5 nitrogen and oxygen atoms in total. The van der Waals surface area contributed by atoms with Gasteiger partial charge >= 0.3 is 5.97 Å². The summed E-state index contributed by atoms with van der Waals surface area (Å²) >= 11 is 1.47. The van der Waals surface area contributed by atoms with Crippen LogP contribution in [-0.4, -0.2) is 24.7 Å². The van der Waals surface area contributed by atoms with Crippen LogP contribution >= 0.6 is 24.2 Å². The lowest BCUT2D eigenvalue weighted by Crippen LogP contribution is -2.30. The monoisotopic (exact) mass is 408 g/mol. The van der Waals surface area contributed by atoms with Gasteiger partial charge in [-0.25, -0.2) is 0 Å². The molecule has 27 heavy (non-hydrogen) atoms. The lowest BCUT2D eigenvalue weighted by Gasteiger charge is -2.20. The number of nitrogens with two attached hydrogens (primary N) is 1. The van der Waals surface area contributed by atoms with Gasteiger partial charge in [0.25, 0.3) is 0 Å². The SMILES string of the molecule is COC(=O)CSCc1cccc(NC(=O)C(C)C(N)c2ccccc2)c1.Cl. The first-order valence-electron chi connectivity index (χ1n) is 8.36. The number of thioether (sulfide) groups is 1. The number of ether oxygens (including phenoxy) is 1. The third-order valence-electron chi connectivity index (χ3n) is 4.05. The quantitative estimate of drug-likeness (QED) is 0.649. The second-order valence-electron chi connectivity index (χ2n) is 5.98. The van der Waals surface area contributed by atoms with Crippen LogP contribution in [0.1, 0.15) is 24.1 Å². The molecule has 0 saturated carbocycles. The Morgan fingerprint density at radius 1 is 1.15 bits per heavy atom. The van der Waals surface area contributed by atoms with Crippen molar-refractivity contribution < 1.29 is 14.3 Å². The highest BCUT2D eigenvalue weighted by molar-refractivity contribution is 7.99. The van der Waals surface area contributed by atoms with Crippen LogP contribution in [0, 0.1) is 5.92 Å². The van der Waals surface area contributed by atoms with E-state index < -0.39 is 0 Å². The van der Waals surface area contributed by atoms with E-state index >= 15 is 0 Å². The average molecular weight is 409 g/mol. The van der Waals surface area contributed by atoms with Crippen molar-refractivity contribution in [2.24, 2.45) is 11.7 Å². The van der Waals surface area contributed by atoms with Gasteiger partial charge in [0.05, 0.1) is 18.8 Å². The van der Waals surface area contributed by atoms with Crippen LogP contribution in [0.3, 0.4) is 0 Å². The summed E-state index contributed by atoms with van der Waals surface area (Å²) in [6, 6.07) is 16.8. The summed E-state index contributed by atoms with van der Waals surface area (Å²) in [6.07, 6.45) is 0. The number of rotatable bonds is 8. The summed E-state index contributed by atoms with van der Waals surface area (Å²) in [7, 11) is 1.38. The predicted octanol–water partition coefficient (Wildman–Crippen LogP) is 3.79. The zero-order chi connectivity index (χ0) is 18.9. The fraction of sp³-hybridized carbons (Fsp3) is 0.300. The molecule has 2 atom stereocenters. The fourth-order valence-electron chi connectivity index (χ4n) is 2.43. The van der Waals surface area contributed by atoms with Gasteiger partial charge in [0.2, 0.25) is 5.91 Å². The highest BCUT2D eigenvalue weighted by atomic mass is 35.5. The van der Waals surface area contributed by atoms with Crippen LogP contribution in [0.5, 0.6) is 0 Å². The second kappa shape index (κ2) is 11.6. The van der Waals surface area contributed by atoms with E-state index in [1.165, 1.54) is 18.9 Å². The van der Waals surface area contributed by atoms with Gasteiger partial charge in [-0.05, 0) is 23.3 Å². The number of amides is 1. The summed E-state index contributed by atoms with van der Waals surface area (Å²) < 4.78 is 4.62. The van der Waals surface area contributed by atoms with Crippen molar-refractivity contribution in [1.29, 1.82) is 0 Å². The Hall–Kier alpha value is -2.02. The molecule has 0 aliphatic heterocycles. The molecule has 0 spiro atoms. The van der Waals surface area contributed by atoms with E-state index in [4.69, 9.17) is 5.73 Å². The molecule has 0 aromatic heterocycles. The first-order valence-corrected chi connectivity index (χ1v) is 9.51. The zero-order valence-corrected chi connectivity index (χ0v) is 17.0. The van der Waals surface area contributed by atoms with Crippen LogP contribution in [0.25, 0.3) is 0 Å². The largest absolute Gasteiger partial charge is 0.468 e. The van der Waals surface area contributed by atoms with Crippen molar-refractivity contribution in [2.45, 2.75) is 18.7 Å². The Kier molecular flexibility index (Phi) is 9.93. The molecule has 1 amide bonds. The molecule has 0 fully saturated rings. The number of benzene rings is 2. The molecular formula is C20H25ClN2O3S.